The van der Waals surface area contributed by atoms with Gasteiger partial charge in [-0.15, -0.1) is 0 Å². The van der Waals surface area contributed by atoms with Gasteiger partial charge in [0.15, 0.2) is 0 Å². The second kappa shape index (κ2) is 5.87. The van der Waals surface area contributed by atoms with Crippen LogP contribution in [0.3, 0.4) is 0 Å². The summed E-state index contributed by atoms with van der Waals surface area (Å²) in [7, 11) is 0. The van der Waals surface area contributed by atoms with Gasteiger partial charge in [0, 0.05) is 24.1 Å². The number of anilines is 1. The van der Waals surface area contributed by atoms with Crippen molar-refractivity contribution in [2.75, 3.05) is 16.8 Å². The Kier molecular flexibility index (Phi) is 4.20. The third-order valence-electron chi connectivity index (χ3n) is 2.81. The van der Waals surface area contributed by atoms with Gasteiger partial charge in [-0.3, -0.25) is 10.1 Å². The molecule has 0 radical (unpaired) electrons. The van der Waals surface area contributed by atoms with Crippen molar-refractivity contribution in [2.24, 2.45) is 0 Å². The molecular weight excluding hydrogens is 270 g/mol. The van der Waals surface area contributed by atoms with Gasteiger partial charge in [0.2, 0.25) is 5.82 Å². The molecule has 2 N–H and O–H groups in total. The Bertz CT molecular complexity index is 503. The highest BCUT2D eigenvalue weighted by Crippen LogP contribution is 2.26. The summed E-state index contributed by atoms with van der Waals surface area (Å²) in [5, 5.41) is 22.8. The number of aromatic nitrogens is 1. The van der Waals surface area contributed by atoms with Crippen LogP contribution in [0, 0.1) is 10.1 Å². The van der Waals surface area contributed by atoms with Crippen molar-refractivity contribution in [1.29, 1.82) is 0 Å². The van der Waals surface area contributed by atoms with Crippen molar-refractivity contribution in [1.82, 2.24) is 4.98 Å². The lowest BCUT2D eigenvalue weighted by Crippen LogP contribution is -2.26. The van der Waals surface area contributed by atoms with Gasteiger partial charge >= 0.3 is 11.7 Å². The first-order chi connectivity index (χ1) is 9.08. The molecule has 1 aromatic heterocycles. The molecule has 0 amide bonds. The van der Waals surface area contributed by atoms with E-state index in [1.807, 2.05) is 0 Å². The van der Waals surface area contributed by atoms with Gasteiger partial charge in [0.1, 0.15) is 0 Å². The van der Waals surface area contributed by atoms with Crippen LogP contribution in [0.1, 0.15) is 23.2 Å². The van der Waals surface area contributed by atoms with E-state index in [2.05, 4.69) is 10.3 Å². The zero-order valence-electron chi connectivity index (χ0n) is 10.0. The minimum Gasteiger partial charge on any atom is -0.478 e. The van der Waals surface area contributed by atoms with Gasteiger partial charge in [-0.25, -0.2) is 9.78 Å². The van der Waals surface area contributed by atoms with E-state index in [0.29, 0.717) is 0 Å². The van der Waals surface area contributed by atoms with E-state index in [1.54, 1.807) is 11.8 Å². The highest BCUT2D eigenvalue weighted by atomic mass is 32.2. The number of carboxylic acids is 1. The van der Waals surface area contributed by atoms with Crippen LogP contribution in [-0.2, 0) is 0 Å². The molecule has 0 bridgehead atoms. The van der Waals surface area contributed by atoms with Crippen LogP contribution >= 0.6 is 11.8 Å². The molecule has 1 saturated heterocycles. The van der Waals surface area contributed by atoms with Crippen molar-refractivity contribution in [3.63, 3.8) is 0 Å². The molecule has 1 aliphatic rings. The number of rotatable bonds is 4. The number of hydrogen-bond donors (Lipinski definition) is 2. The molecule has 2 rings (SSSR count). The first-order valence-corrected chi connectivity index (χ1v) is 6.95. The number of nitro groups is 1. The van der Waals surface area contributed by atoms with Crippen molar-refractivity contribution in [3.05, 3.63) is 27.9 Å². The van der Waals surface area contributed by atoms with Crippen LogP contribution in [0.4, 0.5) is 11.5 Å². The van der Waals surface area contributed by atoms with Crippen LogP contribution in [0.25, 0.3) is 0 Å². The second-order valence-corrected chi connectivity index (χ2v) is 5.36. The summed E-state index contributed by atoms with van der Waals surface area (Å²) in [6, 6.07) is 1.17. The molecule has 1 fully saturated rings. The lowest BCUT2D eigenvalue weighted by Gasteiger charge is -2.22. The topological polar surface area (TPSA) is 105 Å². The Morgan fingerprint density at radius 3 is 3.00 bits per heavy atom. The fourth-order valence-electron chi connectivity index (χ4n) is 1.87. The summed E-state index contributed by atoms with van der Waals surface area (Å²) in [5.41, 5.74) is -0.481. The molecular formula is C11H13N3O4S. The number of hydrogen-bond acceptors (Lipinski definition) is 6. The summed E-state index contributed by atoms with van der Waals surface area (Å²) in [6.45, 7) is 0. The molecule has 0 aromatic carbocycles. The van der Waals surface area contributed by atoms with E-state index in [1.165, 1.54) is 0 Å². The molecule has 19 heavy (non-hydrogen) atoms. The van der Waals surface area contributed by atoms with Gasteiger partial charge in [-0.1, -0.05) is 0 Å². The summed E-state index contributed by atoms with van der Waals surface area (Å²) in [5.74, 6) is 0.892. The Morgan fingerprint density at radius 2 is 2.42 bits per heavy atom. The highest BCUT2D eigenvalue weighted by Gasteiger charge is 2.22. The number of pyridine rings is 1. The third-order valence-corrected chi connectivity index (χ3v) is 4.03. The van der Waals surface area contributed by atoms with Gasteiger partial charge < -0.3 is 10.4 Å². The maximum Gasteiger partial charge on any atom is 0.337 e. The molecule has 7 nitrogen and oxygen atoms in total. The lowest BCUT2D eigenvalue weighted by atomic mass is 10.2. The Hall–Kier alpha value is -1.83. The third kappa shape index (κ3) is 3.34. The van der Waals surface area contributed by atoms with Crippen LogP contribution in [0.15, 0.2) is 12.3 Å². The van der Waals surface area contributed by atoms with Crippen molar-refractivity contribution >= 4 is 29.2 Å². The minimum absolute atomic E-state index is 0.139. The largest absolute Gasteiger partial charge is 0.478 e. The first-order valence-electron chi connectivity index (χ1n) is 5.80. The first kappa shape index (κ1) is 13.6. The Labute approximate surface area is 113 Å². The zero-order chi connectivity index (χ0) is 13.8. The monoisotopic (exact) mass is 283 g/mol. The number of nitrogens with one attached hydrogen (secondary N) is 1. The fraction of sp³-hybridized carbons (Fsp3) is 0.455. The van der Waals surface area contributed by atoms with Crippen molar-refractivity contribution in [3.8, 4) is 0 Å². The number of carboxylic acid groups (broad SMARTS) is 1. The molecule has 0 spiro atoms. The maximum absolute atomic E-state index is 11.0. The SMILES string of the molecule is O=C(O)c1cnc(NC2CCCSC2)c([N+](=O)[O-])c1. The van der Waals surface area contributed by atoms with E-state index in [-0.39, 0.29) is 23.1 Å². The van der Waals surface area contributed by atoms with Crippen LogP contribution in [0.5, 0.6) is 0 Å². The average Bonchev–Trinajstić information content (AvgIpc) is 2.39. The maximum atomic E-state index is 11.0. The van der Waals surface area contributed by atoms with Crippen LogP contribution < -0.4 is 5.32 Å². The summed E-state index contributed by atoms with van der Waals surface area (Å²) < 4.78 is 0. The summed E-state index contributed by atoms with van der Waals surface area (Å²) >= 11 is 1.79. The quantitative estimate of drug-likeness (QED) is 0.643. The molecule has 1 unspecified atom stereocenters. The van der Waals surface area contributed by atoms with Gasteiger partial charge in [0.25, 0.3) is 0 Å². The smallest absolute Gasteiger partial charge is 0.337 e. The van der Waals surface area contributed by atoms with Crippen molar-refractivity contribution in [2.45, 2.75) is 18.9 Å². The Morgan fingerprint density at radius 1 is 1.63 bits per heavy atom. The predicted octanol–water partition coefficient (Wildman–Crippen LogP) is 2.00. The fourth-order valence-corrected chi connectivity index (χ4v) is 2.94. The van der Waals surface area contributed by atoms with Gasteiger partial charge in [-0.2, -0.15) is 11.8 Å². The van der Waals surface area contributed by atoms with Crippen LogP contribution in [0.2, 0.25) is 0 Å². The van der Waals surface area contributed by atoms with Crippen molar-refractivity contribution < 1.29 is 14.8 Å². The Balaban J connectivity index is 2.23. The molecule has 1 atom stereocenters. The second-order valence-electron chi connectivity index (χ2n) is 4.21. The molecule has 2 heterocycles. The highest BCUT2D eigenvalue weighted by molar-refractivity contribution is 7.99. The van der Waals surface area contributed by atoms with E-state index in [9.17, 15) is 14.9 Å². The predicted molar refractivity (Wildman–Crippen MR) is 71.8 cm³/mol. The number of thioether (sulfide) groups is 1. The molecule has 102 valence electrons. The van der Waals surface area contributed by atoms with Gasteiger partial charge in [0.05, 0.1) is 10.5 Å². The lowest BCUT2D eigenvalue weighted by molar-refractivity contribution is -0.384. The van der Waals surface area contributed by atoms with Crippen LogP contribution in [-0.4, -0.2) is 38.5 Å². The standard InChI is InChI=1S/C11H13N3O4S/c15-11(16)7-4-9(14(17)18)10(12-5-7)13-8-2-1-3-19-6-8/h4-5,8H,1-3,6H2,(H,12,13)(H,15,16). The summed E-state index contributed by atoms with van der Waals surface area (Å²) in [6.07, 6.45) is 3.13. The molecule has 0 aliphatic carbocycles. The minimum atomic E-state index is -1.23. The van der Waals surface area contributed by atoms with Gasteiger partial charge in [-0.05, 0) is 18.6 Å². The number of carbonyl (C=O) groups is 1. The van der Waals surface area contributed by atoms with E-state index < -0.39 is 10.9 Å². The molecule has 1 aromatic rings. The molecule has 0 saturated carbocycles. The number of aromatic carboxylic acids is 1. The normalized spacial score (nSPS) is 18.8. The van der Waals surface area contributed by atoms with E-state index in [4.69, 9.17) is 5.11 Å². The molecule has 1 aliphatic heterocycles. The average molecular weight is 283 g/mol. The molecule has 8 heteroatoms. The zero-order valence-corrected chi connectivity index (χ0v) is 10.9. The van der Waals surface area contributed by atoms with E-state index in [0.717, 1.165) is 36.6 Å². The summed E-state index contributed by atoms with van der Waals surface area (Å²) in [4.78, 5) is 25.0. The van der Waals surface area contributed by atoms with E-state index >= 15 is 0 Å². The number of nitrogens with zero attached hydrogens (tertiary/aromatic N) is 2.